The minimum Gasteiger partial charge on any atom is -0.469 e. The molecule has 0 spiro atoms. The Hall–Kier alpha value is -4.33. The number of ether oxygens (including phenoxy) is 2. The van der Waals surface area contributed by atoms with E-state index in [1.54, 1.807) is 0 Å². The average molecular weight is 543 g/mol. The molecule has 2 N–H and O–H groups in total. The fourth-order valence-corrected chi connectivity index (χ4v) is 4.60. The van der Waals surface area contributed by atoms with E-state index in [4.69, 9.17) is 14.5 Å². The number of nitrogens with one attached hydrogen (secondary N) is 2. The van der Waals surface area contributed by atoms with E-state index in [2.05, 4.69) is 51.9 Å². The Balaban J connectivity index is 1.55. The third kappa shape index (κ3) is 7.62. The maximum absolute atomic E-state index is 12.5. The summed E-state index contributed by atoms with van der Waals surface area (Å²) in [6.45, 7) is 6.57. The van der Waals surface area contributed by atoms with Gasteiger partial charge in [-0.25, -0.2) is 4.79 Å². The van der Waals surface area contributed by atoms with Gasteiger partial charge in [0.1, 0.15) is 5.60 Å². The van der Waals surface area contributed by atoms with Crippen molar-refractivity contribution in [1.82, 2.24) is 5.32 Å². The molecule has 1 heterocycles. The van der Waals surface area contributed by atoms with Crippen LogP contribution >= 0.6 is 0 Å². The standard InChI is InChI=1S/C32H38N4O4/c1-32(2,3)40-31(38)34-21-11-10-20-33-30-35-27-15-9-8-14-26(27)28(22-29(37)39-4)36(30)25-18-16-24(17-19-25)23-12-6-5-7-13-23/h5-9,12-19,28H,10-11,20-22H2,1-4H3,(H,33,35)(H,34,38). The first-order valence-corrected chi connectivity index (χ1v) is 13.6. The SMILES string of the molecule is COC(=O)CC1c2ccccc2NC(=NCCCCNC(=O)OC(C)(C)C)N1c1ccc(-c2ccccc2)cc1. The van der Waals surface area contributed by atoms with E-state index in [1.807, 2.05) is 63.2 Å². The van der Waals surface area contributed by atoms with Crippen molar-refractivity contribution < 1.29 is 19.1 Å². The van der Waals surface area contributed by atoms with Crippen LogP contribution in [0.3, 0.4) is 0 Å². The lowest BCUT2D eigenvalue weighted by Crippen LogP contribution is -2.44. The summed E-state index contributed by atoms with van der Waals surface area (Å²) < 4.78 is 10.4. The van der Waals surface area contributed by atoms with Crippen molar-refractivity contribution in [2.75, 3.05) is 30.4 Å². The number of fused-ring (bicyclic) bond motifs is 1. The number of hydrogen-bond acceptors (Lipinski definition) is 5. The minimum absolute atomic E-state index is 0.175. The summed E-state index contributed by atoms with van der Waals surface area (Å²) in [5.74, 6) is 0.375. The monoisotopic (exact) mass is 542 g/mol. The van der Waals surface area contributed by atoms with Gasteiger partial charge in [-0.05, 0) is 68.5 Å². The Kier molecular flexibility index (Phi) is 9.43. The van der Waals surface area contributed by atoms with Gasteiger partial charge in [-0.2, -0.15) is 0 Å². The molecule has 0 aromatic heterocycles. The van der Waals surface area contributed by atoms with Crippen LogP contribution < -0.4 is 15.5 Å². The second kappa shape index (κ2) is 13.2. The highest BCUT2D eigenvalue weighted by Crippen LogP contribution is 2.39. The van der Waals surface area contributed by atoms with Crippen molar-refractivity contribution in [1.29, 1.82) is 0 Å². The van der Waals surface area contributed by atoms with Gasteiger partial charge in [0.25, 0.3) is 0 Å². The highest BCUT2D eigenvalue weighted by atomic mass is 16.6. The third-order valence-corrected chi connectivity index (χ3v) is 6.46. The van der Waals surface area contributed by atoms with Crippen LogP contribution in [0.4, 0.5) is 16.2 Å². The number of carbonyl (C=O) groups excluding carboxylic acids is 2. The molecule has 4 rings (SSSR count). The predicted octanol–water partition coefficient (Wildman–Crippen LogP) is 6.55. The van der Waals surface area contributed by atoms with Gasteiger partial charge in [0.15, 0.2) is 0 Å². The Labute approximate surface area is 236 Å². The number of unbranched alkanes of at least 4 members (excludes halogenated alkanes) is 1. The second-order valence-electron chi connectivity index (χ2n) is 10.6. The van der Waals surface area contributed by atoms with Crippen LogP contribution in [-0.2, 0) is 14.3 Å². The molecule has 3 aromatic rings. The number of hydrogen-bond donors (Lipinski definition) is 2. The fraction of sp³-hybridized carbons (Fsp3) is 0.344. The molecule has 0 fully saturated rings. The summed E-state index contributed by atoms with van der Waals surface area (Å²) in [6.07, 6.45) is 1.28. The van der Waals surface area contributed by atoms with E-state index in [1.165, 1.54) is 7.11 Å². The van der Waals surface area contributed by atoms with Crippen LogP contribution in [0.25, 0.3) is 11.1 Å². The second-order valence-corrected chi connectivity index (χ2v) is 10.6. The van der Waals surface area contributed by atoms with Crippen LogP contribution in [0.2, 0.25) is 0 Å². The first-order chi connectivity index (χ1) is 19.2. The molecule has 1 aliphatic rings. The molecule has 0 aliphatic carbocycles. The number of para-hydroxylation sites is 1. The molecular weight excluding hydrogens is 504 g/mol. The molecule has 0 bridgehead atoms. The number of methoxy groups -OCH3 is 1. The van der Waals surface area contributed by atoms with E-state index < -0.39 is 11.7 Å². The number of esters is 1. The summed E-state index contributed by atoms with van der Waals surface area (Å²) in [5.41, 5.74) is 4.55. The van der Waals surface area contributed by atoms with E-state index in [0.29, 0.717) is 19.0 Å². The molecule has 1 amide bonds. The predicted molar refractivity (Wildman–Crippen MR) is 160 cm³/mol. The molecule has 40 heavy (non-hydrogen) atoms. The van der Waals surface area contributed by atoms with Gasteiger partial charge >= 0.3 is 12.1 Å². The zero-order valence-corrected chi connectivity index (χ0v) is 23.6. The van der Waals surface area contributed by atoms with Crippen molar-refractivity contribution in [3.63, 3.8) is 0 Å². The van der Waals surface area contributed by atoms with Crippen LogP contribution in [0.15, 0.2) is 83.9 Å². The quantitative estimate of drug-likeness (QED) is 0.235. The lowest BCUT2D eigenvalue weighted by Gasteiger charge is -2.39. The lowest BCUT2D eigenvalue weighted by atomic mass is 9.96. The summed E-state index contributed by atoms with van der Waals surface area (Å²) in [5, 5.41) is 6.27. The number of alkyl carbamates (subject to hydrolysis) is 1. The molecule has 1 unspecified atom stereocenters. The van der Waals surface area contributed by atoms with E-state index in [0.717, 1.165) is 40.9 Å². The number of aliphatic imine (C=N–C) groups is 1. The average Bonchev–Trinajstić information content (AvgIpc) is 2.94. The summed E-state index contributed by atoms with van der Waals surface area (Å²) in [7, 11) is 1.41. The summed E-state index contributed by atoms with van der Waals surface area (Å²) >= 11 is 0. The smallest absolute Gasteiger partial charge is 0.407 e. The highest BCUT2D eigenvalue weighted by Gasteiger charge is 2.34. The van der Waals surface area contributed by atoms with Crippen LogP contribution in [0.5, 0.6) is 0 Å². The fourth-order valence-electron chi connectivity index (χ4n) is 4.60. The maximum Gasteiger partial charge on any atom is 0.407 e. The van der Waals surface area contributed by atoms with E-state index in [9.17, 15) is 9.59 Å². The number of guanidine groups is 1. The Bertz CT molecular complexity index is 1320. The molecule has 1 aliphatic heterocycles. The molecule has 0 saturated heterocycles. The molecule has 0 radical (unpaired) electrons. The van der Waals surface area contributed by atoms with Crippen molar-refractivity contribution in [3.8, 4) is 11.1 Å². The van der Waals surface area contributed by atoms with Gasteiger partial charge in [-0.3, -0.25) is 9.79 Å². The van der Waals surface area contributed by atoms with Crippen LogP contribution in [0.1, 0.15) is 51.6 Å². The first-order valence-electron chi connectivity index (χ1n) is 13.6. The van der Waals surface area contributed by atoms with Gasteiger partial charge in [-0.15, -0.1) is 0 Å². The highest BCUT2D eigenvalue weighted by molar-refractivity contribution is 6.09. The number of anilines is 2. The Morgan fingerprint density at radius 1 is 0.925 bits per heavy atom. The summed E-state index contributed by atoms with van der Waals surface area (Å²) in [4.78, 5) is 31.4. The number of amides is 1. The number of carbonyl (C=O) groups is 2. The van der Waals surface area contributed by atoms with Crippen LogP contribution in [0, 0.1) is 0 Å². The van der Waals surface area contributed by atoms with Crippen molar-refractivity contribution in [3.05, 3.63) is 84.4 Å². The van der Waals surface area contributed by atoms with Crippen molar-refractivity contribution >= 4 is 29.4 Å². The normalized spacial score (nSPS) is 15.7. The molecular formula is C32H38N4O4. The summed E-state index contributed by atoms with van der Waals surface area (Å²) in [6, 6.07) is 26.2. The Morgan fingerprint density at radius 2 is 1.60 bits per heavy atom. The van der Waals surface area contributed by atoms with Crippen molar-refractivity contribution in [2.24, 2.45) is 4.99 Å². The number of nitrogens with zero attached hydrogens (tertiary/aromatic N) is 2. The Morgan fingerprint density at radius 3 is 2.30 bits per heavy atom. The largest absolute Gasteiger partial charge is 0.469 e. The van der Waals surface area contributed by atoms with Gasteiger partial charge in [0, 0.05) is 24.5 Å². The molecule has 8 heteroatoms. The first kappa shape index (κ1) is 28.7. The third-order valence-electron chi connectivity index (χ3n) is 6.46. The van der Waals surface area contributed by atoms with E-state index in [-0.39, 0.29) is 18.4 Å². The topological polar surface area (TPSA) is 92.3 Å². The molecule has 8 nitrogen and oxygen atoms in total. The maximum atomic E-state index is 12.5. The van der Waals surface area contributed by atoms with Gasteiger partial charge in [0.05, 0.1) is 19.6 Å². The van der Waals surface area contributed by atoms with Crippen molar-refractivity contribution in [2.45, 2.75) is 51.7 Å². The zero-order valence-electron chi connectivity index (χ0n) is 23.6. The van der Waals surface area contributed by atoms with Gasteiger partial charge in [0.2, 0.25) is 5.96 Å². The molecule has 1 atom stereocenters. The van der Waals surface area contributed by atoms with Crippen LogP contribution in [-0.4, -0.2) is 43.8 Å². The molecule has 210 valence electrons. The zero-order chi connectivity index (χ0) is 28.5. The van der Waals surface area contributed by atoms with Gasteiger partial charge in [-0.1, -0.05) is 60.7 Å². The number of benzene rings is 3. The molecule has 0 saturated carbocycles. The lowest BCUT2D eigenvalue weighted by molar-refractivity contribution is -0.141. The number of rotatable bonds is 9. The minimum atomic E-state index is -0.525. The van der Waals surface area contributed by atoms with Gasteiger partial charge < -0.3 is 25.0 Å². The van der Waals surface area contributed by atoms with E-state index >= 15 is 0 Å². The molecule has 3 aromatic carbocycles.